The summed E-state index contributed by atoms with van der Waals surface area (Å²) in [6, 6.07) is 5.49. The minimum absolute atomic E-state index is 0.296. The molecule has 2 unspecified atom stereocenters. The summed E-state index contributed by atoms with van der Waals surface area (Å²) < 4.78 is 35.5. The molecule has 146 valence electrons. The van der Waals surface area contributed by atoms with Gasteiger partial charge in [-0.3, -0.25) is 9.48 Å². The molecule has 2 heterocycles. The van der Waals surface area contributed by atoms with Crippen molar-refractivity contribution in [3.8, 4) is 5.75 Å². The van der Waals surface area contributed by atoms with Crippen LogP contribution in [0.15, 0.2) is 30.5 Å². The minimum atomic E-state index is -3.80. The quantitative estimate of drug-likeness (QED) is 0.805. The molecule has 1 amide bonds. The topological polar surface area (TPSA) is 106 Å². The van der Waals surface area contributed by atoms with Gasteiger partial charge in [0.05, 0.1) is 18.8 Å². The van der Waals surface area contributed by atoms with E-state index in [1.54, 1.807) is 49.3 Å². The van der Waals surface area contributed by atoms with E-state index in [-0.39, 0.29) is 5.91 Å². The van der Waals surface area contributed by atoms with E-state index in [0.717, 1.165) is 15.6 Å². The van der Waals surface area contributed by atoms with Crippen molar-refractivity contribution >= 4 is 21.8 Å². The third-order valence-corrected chi connectivity index (χ3v) is 6.25. The molecular formula is C17H23N5O4S. The van der Waals surface area contributed by atoms with Crippen molar-refractivity contribution in [1.29, 1.82) is 0 Å². The lowest BCUT2D eigenvalue weighted by atomic mass is 10.00. The Balaban J connectivity index is 1.83. The van der Waals surface area contributed by atoms with Gasteiger partial charge in [-0.25, -0.2) is 0 Å². The molecule has 0 saturated carbocycles. The van der Waals surface area contributed by atoms with Gasteiger partial charge in [0.15, 0.2) is 0 Å². The first-order chi connectivity index (χ1) is 12.7. The Kier molecular flexibility index (Phi) is 5.22. The Hall–Kier alpha value is -2.43. The molecule has 10 heteroatoms. The maximum absolute atomic E-state index is 12.8. The Morgan fingerprint density at radius 3 is 2.52 bits per heavy atom. The zero-order valence-corrected chi connectivity index (χ0v) is 16.4. The van der Waals surface area contributed by atoms with Crippen molar-refractivity contribution in [2.45, 2.75) is 25.4 Å². The molecule has 0 bridgehead atoms. The molecule has 1 fully saturated rings. The van der Waals surface area contributed by atoms with Crippen LogP contribution in [0, 0.1) is 6.92 Å². The molecule has 2 aromatic rings. The van der Waals surface area contributed by atoms with Gasteiger partial charge in [-0.1, -0.05) is 0 Å². The Morgan fingerprint density at radius 1 is 1.30 bits per heavy atom. The smallest absolute Gasteiger partial charge is 0.280 e. The number of nitrogens with zero attached hydrogens (tertiary/aromatic N) is 3. The normalized spacial score (nSPS) is 22.4. The minimum Gasteiger partial charge on any atom is -0.497 e. The number of aryl methyl sites for hydroxylation is 2. The number of anilines is 1. The Labute approximate surface area is 158 Å². The van der Waals surface area contributed by atoms with Gasteiger partial charge in [-0.15, -0.1) is 0 Å². The summed E-state index contributed by atoms with van der Waals surface area (Å²) in [6.45, 7) is 1.81. The highest BCUT2D eigenvalue weighted by molar-refractivity contribution is 7.87. The third-order valence-electron chi connectivity index (χ3n) is 4.66. The SMILES string of the molecule is COc1ccc(NC(=O)C2CC(c3cn(C)nc3C)NS(=O)(=O)N2C)cc1. The molecule has 1 saturated heterocycles. The van der Waals surface area contributed by atoms with Gasteiger partial charge in [0.25, 0.3) is 10.2 Å². The predicted molar refractivity (Wildman–Crippen MR) is 101 cm³/mol. The van der Waals surface area contributed by atoms with E-state index in [9.17, 15) is 13.2 Å². The summed E-state index contributed by atoms with van der Waals surface area (Å²) in [4.78, 5) is 12.8. The second-order valence-electron chi connectivity index (χ2n) is 6.50. The number of methoxy groups -OCH3 is 1. The zero-order chi connectivity index (χ0) is 19.8. The third kappa shape index (κ3) is 3.97. The molecule has 1 aliphatic heterocycles. The van der Waals surface area contributed by atoms with Gasteiger partial charge in [0.2, 0.25) is 5.91 Å². The summed E-state index contributed by atoms with van der Waals surface area (Å²) in [5, 5.41) is 7.04. The summed E-state index contributed by atoms with van der Waals surface area (Å²) in [5.41, 5.74) is 2.06. The molecule has 3 rings (SSSR count). The fourth-order valence-electron chi connectivity index (χ4n) is 3.17. The summed E-state index contributed by atoms with van der Waals surface area (Å²) in [7, 11) is 0.928. The van der Waals surface area contributed by atoms with E-state index in [1.165, 1.54) is 7.05 Å². The van der Waals surface area contributed by atoms with Crippen LogP contribution in [-0.2, 0) is 22.1 Å². The first-order valence-electron chi connectivity index (χ1n) is 8.41. The predicted octanol–water partition coefficient (Wildman–Crippen LogP) is 0.955. The van der Waals surface area contributed by atoms with Gasteiger partial charge >= 0.3 is 0 Å². The largest absolute Gasteiger partial charge is 0.497 e. The van der Waals surface area contributed by atoms with Crippen LogP contribution in [0.1, 0.15) is 23.7 Å². The monoisotopic (exact) mass is 393 g/mol. The maximum atomic E-state index is 12.8. The van der Waals surface area contributed by atoms with Crippen LogP contribution in [0.25, 0.3) is 0 Å². The second kappa shape index (κ2) is 7.29. The summed E-state index contributed by atoms with van der Waals surface area (Å²) in [5.74, 6) is 0.279. The fraction of sp³-hybridized carbons (Fsp3) is 0.412. The molecule has 1 aromatic heterocycles. The molecule has 2 atom stereocenters. The highest BCUT2D eigenvalue weighted by atomic mass is 32.2. The highest BCUT2D eigenvalue weighted by Crippen LogP contribution is 2.30. The van der Waals surface area contributed by atoms with E-state index in [4.69, 9.17) is 4.74 Å². The number of carbonyl (C=O) groups excluding carboxylic acids is 1. The van der Waals surface area contributed by atoms with E-state index in [2.05, 4.69) is 15.1 Å². The molecule has 27 heavy (non-hydrogen) atoms. The van der Waals surface area contributed by atoms with Crippen molar-refractivity contribution in [2.75, 3.05) is 19.5 Å². The molecule has 0 radical (unpaired) electrons. The average Bonchev–Trinajstić information content (AvgIpc) is 2.96. The van der Waals surface area contributed by atoms with Crippen LogP contribution < -0.4 is 14.8 Å². The summed E-state index contributed by atoms with van der Waals surface area (Å²) >= 11 is 0. The van der Waals surface area contributed by atoms with Gasteiger partial charge in [-0.05, 0) is 37.6 Å². The van der Waals surface area contributed by atoms with Gasteiger partial charge < -0.3 is 10.1 Å². The number of amides is 1. The summed E-state index contributed by atoms with van der Waals surface area (Å²) in [6.07, 6.45) is 2.07. The first-order valence-corrected chi connectivity index (χ1v) is 9.85. The number of rotatable bonds is 4. The molecule has 1 aromatic carbocycles. The highest BCUT2D eigenvalue weighted by Gasteiger charge is 2.41. The van der Waals surface area contributed by atoms with Gasteiger partial charge in [0, 0.05) is 31.5 Å². The van der Waals surface area contributed by atoms with Crippen molar-refractivity contribution in [1.82, 2.24) is 18.8 Å². The van der Waals surface area contributed by atoms with E-state index in [1.807, 2.05) is 6.92 Å². The molecule has 1 aliphatic rings. The van der Waals surface area contributed by atoms with Gasteiger partial charge in [0.1, 0.15) is 11.8 Å². The number of aromatic nitrogens is 2. The maximum Gasteiger partial charge on any atom is 0.280 e. The van der Waals surface area contributed by atoms with Crippen molar-refractivity contribution in [2.24, 2.45) is 7.05 Å². The van der Waals surface area contributed by atoms with Crippen molar-refractivity contribution < 1.29 is 17.9 Å². The lowest BCUT2D eigenvalue weighted by molar-refractivity contribution is -0.120. The Morgan fingerprint density at radius 2 is 1.96 bits per heavy atom. The van der Waals surface area contributed by atoms with Crippen LogP contribution >= 0.6 is 0 Å². The number of nitrogens with one attached hydrogen (secondary N) is 2. The molecular weight excluding hydrogens is 370 g/mol. The van der Waals surface area contributed by atoms with Crippen LogP contribution in [0.5, 0.6) is 5.75 Å². The van der Waals surface area contributed by atoms with Crippen LogP contribution in [0.4, 0.5) is 5.69 Å². The molecule has 2 N–H and O–H groups in total. The molecule has 0 aliphatic carbocycles. The van der Waals surface area contributed by atoms with E-state index < -0.39 is 22.3 Å². The Bertz CT molecular complexity index is 939. The van der Waals surface area contributed by atoms with Crippen LogP contribution in [0.2, 0.25) is 0 Å². The number of hydrogen-bond acceptors (Lipinski definition) is 5. The fourth-order valence-corrected chi connectivity index (χ4v) is 4.44. The molecule has 9 nitrogen and oxygen atoms in total. The van der Waals surface area contributed by atoms with Crippen LogP contribution in [-0.4, -0.2) is 48.6 Å². The lowest BCUT2D eigenvalue weighted by Crippen LogP contribution is -2.56. The second-order valence-corrected chi connectivity index (χ2v) is 8.27. The van der Waals surface area contributed by atoms with Crippen LogP contribution in [0.3, 0.4) is 0 Å². The van der Waals surface area contributed by atoms with E-state index >= 15 is 0 Å². The van der Waals surface area contributed by atoms with E-state index in [0.29, 0.717) is 17.9 Å². The standard InChI is InChI=1S/C17H23N5O4S/c1-11-14(10-21(2)19-11)15-9-16(22(3)27(24,25)20-15)17(23)18-12-5-7-13(26-4)8-6-12/h5-8,10,15-16,20H,9H2,1-4H3,(H,18,23). The zero-order valence-electron chi connectivity index (χ0n) is 15.6. The first kappa shape index (κ1) is 19.3. The number of likely N-dealkylation sites (N-methyl/N-ethyl adjacent to an activating group) is 1. The van der Waals surface area contributed by atoms with Crippen molar-refractivity contribution in [3.05, 3.63) is 41.7 Å². The number of benzene rings is 1. The molecule has 0 spiro atoms. The lowest BCUT2D eigenvalue weighted by Gasteiger charge is -2.36. The average molecular weight is 393 g/mol. The number of ether oxygens (including phenoxy) is 1. The van der Waals surface area contributed by atoms with Crippen molar-refractivity contribution in [3.63, 3.8) is 0 Å². The number of carbonyl (C=O) groups is 1. The van der Waals surface area contributed by atoms with Gasteiger partial charge in [-0.2, -0.15) is 22.5 Å². The number of hydrogen-bond donors (Lipinski definition) is 2.